The highest BCUT2D eigenvalue weighted by Crippen LogP contribution is 2.25. The minimum atomic E-state index is -1.13. The monoisotopic (exact) mass is 268 g/mol. The molecule has 0 radical (unpaired) electrons. The molecule has 0 fully saturated rings. The van der Waals surface area contributed by atoms with E-state index < -0.39 is 34.8 Å². The summed E-state index contributed by atoms with van der Waals surface area (Å²) in [5, 5.41) is 0. The molecule has 0 aliphatic carbocycles. The third-order valence-electron chi connectivity index (χ3n) is 2.35. The summed E-state index contributed by atoms with van der Waals surface area (Å²) >= 11 is 0. The molecule has 0 N–H and O–H groups in total. The summed E-state index contributed by atoms with van der Waals surface area (Å²) in [6.07, 6.45) is 0.896. The van der Waals surface area contributed by atoms with Gasteiger partial charge in [-0.3, -0.25) is 0 Å². The van der Waals surface area contributed by atoms with Crippen LogP contribution >= 0.6 is 0 Å². The predicted octanol–water partition coefficient (Wildman–Crippen LogP) is 2.35. The van der Waals surface area contributed by atoms with Gasteiger partial charge in [0, 0.05) is 11.6 Å². The second-order valence-corrected chi connectivity index (χ2v) is 3.50. The molecule has 1 aromatic carbocycles. The molecule has 2 aromatic rings. The molecule has 2 rings (SSSR count). The maximum absolute atomic E-state index is 14.0. The zero-order valence-electron chi connectivity index (χ0n) is 9.65. The summed E-state index contributed by atoms with van der Waals surface area (Å²) in [6.45, 7) is 0. The van der Waals surface area contributed by atoms with E-state index in [2.05, 4.69) is 14.7 Å². The van der Waals surface area contributed by atoms with Crippen LogP contribution in [-0.2, 0) is 4.74 Å². The van der Waals surface area contributed by atoms with Crippen molar-refractivity contribution in [2.45, 2.75) is 0 Å². The molecule has 0 saturated carbocycles. The molecule has 1 aromatic heterocycles. The van der Waals surface area contributed by atoms with Crippen LogP contribution in [0.3, 0.4) is 0 Å². The van der Waals surface area contributed by atoms with Gasteiger partial charge in [0.15, 0.2) is 11.5 Å². The van der Waals surface area contributed by atoms with Crippen LogP contribution in [-0.4, -0.2) is 23.0 Å². The first-order valence-corrected chi connectivity index (χ1v) is 5.09. The van der Waals surface area contributed by atoms with Gasteiger partial charge >= 0.3 is 5.97 Å². The molecular weight excluding hydrogens is 261 g/mol. The first kappa shape index (κ1) is 13.0. The molecule has 0 saturated heterocycles. The maximum atomic E-state index is 14.0. The molecule has 0 spiro atoms. The molecule has 19 heavy (non-hydrogen) atoms. The van der Waals surface area contributed by atoms with E-state index in [1.807, 2.05) is 0 Å². The van der Waals surface area contributed by atoms with E-state index >= 15 is 0 Å². The largest absolute Gasteiger partial charge is 0.464 e. The highest BCUT2D eigenvalue weighted by atomic mass is 19.1. The van der Waals surface area contributed by atoms with Gasteiger partial charge in [0.05, 0.1) is 7.11 Å². The van der Waals surface area contributed by atoms with Crippen molar-refractivity contribution in [1.82, 2.24) is 9.97 Å². The van der Waals surface area contributed by atoms with E-state index in [1.54, 1.807) is 0 Å². The van der Waals surface area contributed by atoms with Crippen LogP contribution in [0.4, 0.5) is 13.2 Å². The molecule has 0 bridgehead atoms. The van der Waals surface area contributed by atoms with Crippen molar-refractivity contribution in [2.75, 3.05) is 7.11 Å². The Morgan fingerprint density at radius 1 is 1.21 bits per heavy atom. The molecule has 98 valence electrons. The van der Waals surface area contributed by atoms with Crippen LogP contribution in [0.5, 0.6) is 0 Å². The molecule has 0 atom stereocenters. The lowest BCUT2D eigenvalue weighted by Gasteiger charge is -2.06. The number of carbonyl (C=O) groups is 1. The lowest BCUT2D eigenvalue weighted by molar-refractivity contribution is 0.0588. The molecule has 0 aliphatic heterocycles. The van der Waals surface area contributed by atoms with Crippen molar-refractivity contribution in [3.05, 3.63) is 47.7 Å². The number of hydrogen-bond acceptors (Lipinski definition) is 4. The summed E-state index contributed by atoms with van der Waals surface area (Å²) in [7, 11) is 1.06. The number of esters is 1. The Kier molecular flexibility index (Phi) is 3.46. The van der Waals surface area contributed by atoms with E-state index in [9.17, 15) is 18.0 Å². The molecule has 1 heterocycles. The Morgan fingerprint density at radius 3 is 2.58 bits per heavy atom. The Bertz CT molecular complexity index is 647. The SMILES string of the molecule is COC(=O)c1ncnc(-c2ccc(F)cc2F)c1F. The number of aromatic nitrogens is 2. The number of ether oxygens (including phenoxy) is 1. The maximum Gasteiger partial charge on any atom is 0.359 e. The van der Waals surface area contributed by atoms with Crippen LogP contribution in [0.25, 0.3) is 11.3 Å². The summed E-state index contributed by atoms with van der Waals surface area (Å²) in [5.41, 5.74) is -1.32. The number of carbonyl (C=O) groups excluding carboxylic acids is 1. The molecule has 0 aliphatic rings. The number of benzene rings is 1. The standard InChI is InChI=1S/C12H7F3N2O2/c1-19-12(18)11-9(15)10(16-5-17-11)7-3-2-6(13)4-8(7)14/h2-5H,1H3. The predicted molar refractivity (Wildman–Crippen MR) is 58.7 cm³/mol. The fraction of sp³-hybridized carbons (Fsp3) is 0.0833. The summed E-state index contributed by atoms with van der Waals surface area (Å²) in [6, 6.07) is 2.57. The minimum Gasteiger partial charge on any atom is -0.464 e. The zero-order valence-corrected chi connectivity index (χ0v) is 9.65. The fourth-order valence-corrected chi connectivity index (χ4v) is 1.48. The number of nitrogens with zero attached hydrogens (tertiary/aromatic N) is 2. The van der Waals surface area contributed by atoms with E-state index in [0.717, 1.165) is 25.6 Å². The van der Waals surface area contributed by atoms with E-state index in [1.165, 1.54) is 0 Å². The summed E-state index contributed by atoms with van der Waals surface area (Å²) in [5.74, 6) is -3.93. The van der Waals surface area contributed by atoms with Crippen molar-refractivity contribution in [2.24, 2.45) is 0 Å². The minimum absolute atomic E-state index is 0.272. The number of halogens is 3. The highest BCUT2D eigenvalue weighted by molar-refractivity contribution is 5.88. The van der Waals surface area contributed by atoms with Gasteiger partial charge in [-0.2, -0.15) is 0 Å². The smallest absolute Gasteiger partial charge is 0.359 e. The third-order valence-corrected chi connectivity index (χ3v) is 2.35. The van der Waals surface area contributed by atoms with Crippen LogP contribution in [0.2, 0.25) is 0 Å². The van der Waals surface area contributed by atoms with Gasteiger partial charge in [0.2, 0.25) is 0 Å². The van der Waals surface area contributed by atoms with Gasteiger partial charge in [-0.05, 0) is 12.1 Å². The van der Waals surface area contributed by atoms with Crippen LogP contribution < -0.4 is 0 Å². The lowest BCUT2D eigenvalue weighted by Crippen LogP contribution is -2.09. The van der Waals surface area contributed by atoms with Crippen molar-refractivity contribution in [1.29, 1.82) is 0 Å². The number of rotatable bonds is 2. The topological polar surface area (TPSA) is 52.1 Å². The van der Waals surface area contributed by atoms with E-state index in [0.29, 0.717) is 6.07 Å². The Morgan fingerprint density at radius 2 is 1.95 bits per heavy atom. The number of methoxy groups -OCH3 is 1. The first-order chi connectivity index (χ1) is 9.04. The molecule has 7 heteroatoms. The second kappa shape index (κ2) is 5.05. The molecule has 4 nitrogen and oxygen atoms in total. The Labute approximate surface area is 105 Å². The van der Waals surface area contributed by atoms with Crippen molar-refractivity contribution < 1.29 is 22.7 Å². The molecule has 0 unspecified atom stereocenters. The van der Waals surface area contributed by atoms with E-state index in [4.69, 9.17) is 0 Å². The second-order valence-electron chi connectivity index (χ2n) is 3.50. The average Bonchev–Trinajstić information content (AvgIpc) is 2.39. The van der Waals surface area contributed by atoms with Crippen molar-refractivity contribution in [3.8, 4) is 11.3 Å². The highest BCUT2D eigenvalue weighted by Gasteiger charge is 2.21. The molecular formula is C12H7F3N2O2. The lowest BCUT2D eigenvalue weighted by atomic mass is 10.1. The Balaban J connectivity index is 2.60. The van der Waals surface area contributed by atoms with Crippen LogP contribution in [0, 0.1) is 17.5 Å². The van der Waals surface area contributed by atoms with E-state index in [-0.39, 0.29) is 5.56 Å². The Hall–Kier alpha value is -2.44. The normalized spacial score (nSPS) is 10.3. The third kappa shape index (κ3) is 2.40. The van der Waals surface area contributed by atoms with Gasteiger partial charge in [-0.15, -0.1) is 0 Å². The zero-order chi connectivity index (χ0) is 14.0. The van der Waals surface area contributed by atoms with Crippen LogP contribution in [0.15, 0.2) is 24.5 Å². The van der Waals surface area contributed by atoms with Gasteiger partial charge in [-0.25, -0.2) is 27.9 Å². The van der Waals surface area contributed by atoms with Gasteiger partial charge in [0.1, 0.15) is 23.7 Å². The first-order valence-electron chi connectivity index (χ1n) is 5.09. The fourth-order valence-electron chi connectivity index (χ4n) is 1.48. The molecule has 0 amide bonds. The summed E-state index contributed by atoms with van der Waals surface area (Å²) < 4.78 is 44.7. The van der Waals surface area contributed by atoms with Crippen molar-refractivity contribution in [3.63, 3.8) is 0 Å². The number of hydrogen-bond donors (Lipinski definition) is 0. The quantitative estimate of drug-likeness (QED) is 0.784. The van der Waals surface area contributed by atoms with Gasteiger partial charge < -0.3 is 4.74 Å². The van der Waals surface area contributed by atoms with Gasteiger partial charge in [0.25, 0.3) is 0 Å². The average molecular weight is 268 g/mol. The summed E-state index contributed by atoms with van der Waals surface area (Å²) in [4.78, 5) is 18.2. The van der Waals surface area contributed by atoms with Gasteiger partial charge in [-0.1, -0.05) is 0 Å². The van der Waals surface area contributed by atoms with Crippen LogP contribution in [0.1, 0.15) is 10.5 Å². The van der Waals surface area contributed by atoms with Crippen molar-refractivity contribution >= 4 is 5.97 Å².